The van der Waals surface area contributed by atoms with Crippen LogP contribution in [0.15, 0.2) is 57.9 Å². The molecule has 0 bridgehead atoms. The maximum absolute atomic E-state index is 16.5. The molecular formula is C40H45FN6O6. The maximum Gasteiger partial charge on any atom is 0.256 e. The van der Waals surface area contributed by atoms with Gasteiger partial charge in [-0.2, -0.15) is 0 Å². The second kappa shape index (κ2) is 14.4. The van der Waals surface area contributed by atoms with Crippen LogP contribution in [0.3, 0.4) is 0 Å². The molecule has 13 heteroatoms. The van der Waals surface area contributed by atoms with Crippen molar-refractivity contribution in [3.05, 3.63) is 70.3 Å². The Hall–Kier alpha value is -4.98. The molecule has 0 spiro atoms. The molecule has 0 radical (unpaired) electrons. The summed E-state index contributed by atoms with van der Waals surface area (Å²) in [5, 5.41) is 7.82. The van der Waals surface area contributed by atoms with Crippen LogP contribution in [0.1, 0.15) is 43.5 Å². The smallest absolute Gasteiger partial charge is 0.256 e. The highest BCUT2D eigenvalue weighted by atomic mass is 19.1. The summed E-state index contributed by atoms with van der Waals surface area (Å²) < 4.78 is 36.5. The first kappa shape index (κ1) is 35.1. The van der Waals surface area contributed by atoms with Crippen molar-refractivity contribution in [1.82, 2.24) is 25.0 Å². The molecule has 4 aliphatic rings. The molecule has 2 N–H and O–H groups in total. The summed E-state index contributed by atoms with van der Waals surface area (Å²) in [5.74, 6) is -0.531. The van der Waals surface area contributed by atoms with Gasteiger partial charge in [-0.1, -0.05) is 25.6 Å². The molecule has 3 fully saturated rings. The number of hydrogen-bond acceptors (Lipinski definition) is 9. The van der Waals surface area contributed by atoms with E-state index >= 15 is 4.39 Å². The van der Waals surface area contributed by atoms with Crippen molar-refractivity contribution in [1.29, 1.82) is 0 Å². The molecule has 2 aromatic heterocycles. The van der Waals surface area contributed by atoms with E-state index < -0.39 is 17.2 Å². The van der Waals surface area contributed by atoms with Crippen LogP contribution in [-0.4, -0.2) is 104 Å². The Morgan fingerprint density at radius 1 is 0.906 bits per heavy atom. The molecule has 0 aliphatic carbocycles. The maximum atomic E-state index is 16.5. The third-order valence-electron chi connectivity index (χ3n) is 10.9. The van der Waals surface area contributed by atoms with E-state index in [-0.39, 0.29) is 41.8 Å². The lowest BCUT2D eigenvalue weighted by Crippen LogP contribution is -2.42. The van der Waals surface area contributed by atoms with E-state index in [0.29, 0.717) is 80.4 Å². The number of aromatic nitrogens is 1. The van der Waals surface area contributed by atoms with Gasteiger partial charge in [0.2, 0.25) is 11.3 Å². The summed E-state index contributed by atoms with van der Waals surface area (Å²) in [7, 11) is 0. The summed E-state index contributed by atoms with van der Waals surface area (Å²) in [5.41, 5.74) is 1.80. The number of carbonyl (C=O) groups is 2. The van der Waals surface area contributed by atoms with Crippen molar-refractivity contribution in [3.8, 4) is 17.2 Å². The second-order valence-electron chi connectivity index (χ2n) is 14.2. The quantitative estimate of drug-likeness (QED) is 0.212. The number of ether oxygens (including phenoxy) is 2. The fraction of sp³-hybridized carbons (Fsp3) is 0.425. The van der Waals surface area contributed by atoms with E-state index in [0.717, 1.165) is 43.5 Å². The predicted molar refractivity (Wildman–Crippen MR) is 202 cm³/mol. The van der Waals surface area contributed by atoms with Gasteiger partial charge in [-0.15, -0.1) is 0 Å². The number of fused-ring (bicyclic) bond motifs is 5. The molecule has 12 nitrogen and oxygen atoms in total. The highest BCUT2D eigenvalue weighted by Gasteiger charge is 2.34. The minimum atomic E-state index is -0.629. The minimum Gasteiger partial charge on any atom is -0.456 e. The zero-order chi connectivity index (χ0) is 35.3. The van der Waals surface area contributed by atoms with Gasteiger partial charge in [-0.25, -0.2) is 4.39 Å². The number of para-hydroxylation sites is 1. The van der Waals surface area contributed by atoms with Crippen LogP contribution in [0.25, 0.3) is 38.5 Å². The number of hydrogen-bond donors (Lipinski definition) is 2. The highest BCUT2D eigenvalue weighted by Crippen LogP contribution is 2.49. The van der Waals surface area contributed by atoms with E-state index in [1.165, 1.54) is 25.1 Å². The molecule has 3 aromatic carbocycles. The second-order valence-corrected chi connectivity index (χ2v) is 14.2. The van der Waals surface area contributed by atoms with Crippen molar-refractivity contribution in [2.24, 2.45) is 0 Å². The van der Waals surface area contributed by atoms with Crippen molar-refractivity contribution in [3.63, 3.8) is 0 Å². The Kier molecular flexibility index (Phi) is 9.56. The van der Waals surface area contributed by atoms with Gasteiger partial charge < -0.3 is 38.9 Å². The zero-order valence-corrected chi connectivity index (χ0v) is 28.9. The summed E-state index contributed by atoms with van der Waals surface area (Å²) in [6.45, 7) is 7.49. The van der Waals surface area contributed by atoms with Crippen LogP contribution in [0.4, 0.5) is 10.1 Å². The Bertz CT molecular complexity index is 2270. The number of anilines is 1. The van der Waals surface area contributed by atoms with E-state index in [1.807, 2.05) is 41.3 Å². The van der Waals surface area contributed by atoms with E-state index in [4.69, 9.17) is 13.9 Å². The van der Waals surface area contributed by atoms with Crippen molar-refractivity contribution in [2.75, 3.05) is 77.0 Å². The number of likely N-dealkylation sites (tertiary alicyclic amines) is 1. The molecule has 6 heterocycles. The van der Waals surface area contributed by atoms with Crippen LogP contribution < -0.4 is 25.7 Å². The molecular weight excluding hydrogens is 679 g/mol. The fourth-order valence-corrected chi connectivity index (χ4v) is 8.17. The summed E-state index contributed by atoms with van der Waals surface area (Å²) >= 11 is 0. The number of morpholine rings is 1. The van der Waals surface area contributed by atoms with Gasteiger partial charge in [0.1, 0.15) is 27.9 Å². The molecule has 0 unspecified atom stereocenters. The third-order valence-corrected chi connectivity index (χ3v) is 10.9. The molecule has 4 aliphatic heterocycles. The molecule has 0 saturated carbocycles. The normalized spacial score (nSPS) is 18.7. The van der Waals surface area contributed by atoms with Gasteiger partial charge in [0.05, 0.1) is 24.3 Å². The van der Waals surface area contributed by atoms with Crippen LogP contribution in [-0.2, 0) is 9.53 Å². The van der Waals surface area contributed by atoms with Gasteiger partial charge in [-0.3, -0.25) is 19.3 Å². The first-order chi connectivity index (χ1) is 25.4. The number of amides is 2. The summed E-state index contributed by atoms with van der Waals surface area (Å²) in [6, 6.07) is 12.5. The number of carbonyl (C=O) groups excluding carboxylic acids is 2. The largest absolute Gasteiger partial charge is 0.456 e. The molecule has 9 rings (SSSR count). The first-order valence-electron chi connectivity index (χ1n) is 18.3. The monoisotopic (exact) mass is 724 g/mol. The van der Waals surface area contributed by atoms with Gasteiger partial charge in [0, 0.05) is 81.3 Å². The highest BCUT2D eigenvalue weighted by molar-refractivity contribution is 6.07. The molecule has 1 atom stereocenters. The van der Waals surface area contributed by atoms with Crippen molar-refractivity contribution >= 4 is 50.3 Å². The Morgan fingerprint density at radius 3 is 2.53 bits per heavy atom. The number of rotatable bonds is 9. The summed E-state index contributed by atoms with van der Waals surface area (Å²) in [6.07, 6.45) is 4.95. The van der Waals surface area contributed by atoms with Gasteiger partial charge in [0.25, 0.3) is 5.91 Å². The Balaban J connectivity index is 0.00000400. The number of nitrogens with one attached hydrogen (secondary N) is 2. The van der Waals surface area contributed by atoms with Gasteiger partial charge in [0.15, 0.2) is 17.3 Å². The SMILES string of the molecule is C.O=C(CCN1CCCC1)N[C@@H]1CCN(c2c(F)cc3c(=O)c(C(=O)NCCN4CCOCC4)cn4c3c2Oc2cc3c(cc2-4)oc2ccccc23)C1. The third kappa shape index (κ3) is 6.51. The first-order valence-corrected chi connectivity index (χ1v) is 18.3. The molecule has 278 valence electrons. The van der Waals surface area contributed by atoms with Gasteiger partial charge in [-0.05, 0) is 50.6 Å². The average Bonchev–Trinajstić information content (AvgIpc) is 3.92. The lowest BCUT2D eigenvalue weighted by Gasteiger charge is -2.29. The van der Waals surface area contributed by atoms with E-state index in [1.54, 1.807) is 4.57 Å². The summed E-state index contributed by atoms with van der Waals surface area (Å²) in [4.78, 5) is 46.9. The van der Waals surface area contributed by atoms with Crippen LogP contribution in [0.2, 0.25) is 0 Å². The number of furan rings is 1. The molecule has 5 aromatic rings. The lowest BCUT2D eigenvalue weighted by molar-refractivity contribution is -0.121. The number of benzene rings is 3. The number of pyridine rings is 1. The zero-order valence-electron chi connectivity index (χ0n) is 28.9. The van der Waals surface area contributed by atoms with Crippen LogP contribution in [0.5, 0.6) is 11.5 Å². The van der Waals surface area contributed by atoms with Crippen LogP contribution >= 0.6 is 0 Å². The topological polar surface area (TPSA) is 122 Å². The minimum absolute atomic E-state index is 0. The van der Waals surface area contributed by atoms with E-state index in [2.05, 4.69) is 20.4 Å². The average molecular weight is 725 g/mol. The number of nitrogens with zero attached hydrogens (tertiary/aromatic N) is 4. The van der Waals surface area contributed by atoms with Crippen molar-refractivity contribution < 1.29 is 27.9 Å². The van der Waals surface area contributed by atoms with Crippen molar-refractivity contribution in [2.45, 2.75) is 39.2 Å². The standard InChI is InChI=1S/C39H41FN6O6.CH4/c40-29-19-27-35-38(36(29)45-13-7-24(22-45)42-34(47)8-12-43-10-3-4-11-43)52-33-20-26-25-5-1-2-6-31(25)51-32(26)21-30(33)46(35)23-28(37(27)48)39(49)41-9-14-44-15-17-50-18-16-44;/h1-2,5-6,19-21,23-24H,3-4,7-18,22H2,(H,41,49)(H,42,47);1H4/t24-;/m1./s1. The fourth-order valence-electron chi connectivity index (χ4n) is 8.17. The molecule has 3 saturated heterocycles. The molecule has 53 heavy (non-hydrogen) atoms. The Labute approximate surface area is 306 Å². The van der Waals surface area contributed by atoms with Crippen LogP contribution in [0, 0.1) is 5.82 Å². The number of halogens is 1. The predicted octanol–water partition coefficient (Wildman–Crippen LogP) is 5.01. The Morgan fingerprint density at radius 2 is 1.70 bits per heavy atom. The van der Waals surface area contributed by atoms with Gasteiger partial charge >= 0.3 is 0 Å². The molecule has 2 amide bonds. The van der Waals surface area contributed by atoms with E-state index in [9.17, 15) is 14.4 Å². The lowest BCUT2D eigenvalue weighted by atomic mass is 10.0.